The Morgan fingerprint density at radius 3 is 2.81 bits per heavy atom. The third-order valence-electron chi connectivity index (χ3n) is 2.80. The molecule has 8 nitrogen and oxygen atoms in total. The highest BCUT2D eigenvalue weighted by Gasteiger charge is 2.11. The van der Waals surface area contributed by atoms with Crippen LogP contribution in [0.4, 0.5) is 11.9 Å². The second-order valence-corrected chi connectivity index (χ2v) is 4.38. The summed E-state index contributed by atoms with van der Waals surface area (Å²) in [5, 5.41) is 3.12. The topological polar surface area (TPSA) is 81.0 Å². The van der Waals surface area contributed by atoms with E-state index in [1.54, 1.807) is 23.3 Å². The van der Waals surface area contributed by atoms with Gasteiger partial charge in [0.2, 0.25) is 17.8 Å². The molecule has 0 spiro atoms. The molecule has 0 unspecified atom stereocenters. The molecular formula is C13H21N7O. The predicted octanol–water partition coefficient (Wildman–Crippen LogP) is 0.962. The molecule has 0 aromatic carbocycles. The number of anilines is 2. The predicted molar refractivity (Wildman–Crippen MR) is 80.9 cm³/mol. The monoisotopic (exact) mass is 291 g/mol. The first kappa shape index (κ1) is 15.2. The average molecular weight is 291 g/mol. The molecule has 2 aromatic rings. The van der Waals surface area contributed by atoms with Gasteiger partial charge in [-0.05, 0) is 13.8 Å². The summed E-state index contributed by atoms with van der Waals surface area (Å²) in [4.78, 5) is 19.2. The normalized spacial score (nSPS) is 10.6. The lowest BCUT2D eigenvalue weighted by Crippen LogP contribution is -2.26. The van der Waals surface area contributed by atoms with Gasteiger partial charge in [0, 0.05) is 39.1 Å². The first-order valence-corrected chi connectivity index (χ1v) is 7.01. The van der Waals surface area contributed by atoms with Gasteiger partial charge >= 0.3 is 0 Å². The summed E-state index contributed by atoms with van der Waals surface area (Å²) >= 11 is 0. The zero-order chi connectivity index (χ0) is 15.1. The number of imidazole rings is 1. The SMILES string of the molecule is CCNc1nc(N(C)CCOCC)nc(-n2ccnc2)n1. The van der Waals surface area contributed by atoms with E-state index < -0.39 is 0 Å². The van der Waals surface area contributed by atoms with E-state index in [4.69, 9.17) is 4.74 Å². The standard InChI is InChI=1S/C13H21N7O/c1-4-15-11-16-12(19(3)8-9-21-5-2)18-13(17-11)20-7-6-14-10-20/h6-7,10H,4-5,8-9H2,1-3H3,(H,15,16,17,18). The molecule has 2 heterocycles. The van der Waals surface area contributed by atoms with Crippen LogP contribution in [0.3, 0.4) is 0 Å². The van der Waals surface area contributed by atoms with Crippen LogP contribution in [0.5, 0.6) is 0 Å². The lowest BCUT2D eigenvalue weighted by Gasteiger charge is -2.18. The molecule has 0 radical (unpaired) electrons. The summed E-state index contributed by atoms with van der Waals surface area (Å²) < 4.78 is 7.11. The molecular weight excluding hydrogens is 270 g/mol. The molecule has 0 saturated heterocycles. The van der Waals surface area contributed by atoms with E-state index in [0.717, 1.165) is 6.54 Å². The Morgan fingerprint density at radius 1 is 1.29 bits per heavy atom. The van der Waals surface area contributed by atoms with Gasteiger partial charge < -0.3 is 15.0 Å². The van der Waals surface area contributed by atoms with Gasteiger partial charge in [0.25, 0.3) is 0 Å². The Balaban J connectivity index is 2.23. The van der Waals surface area contributed by atoms with E-state index in [-0.39, 0.29) is 0 Å². The zero-order valence-electron chi connectivity index (χ0n) is 12.7. The maximum Gasteiger partial charge on any atom is 0.241 e. The van der Waals surface area contributed by atoms with Crippen LogP contribution in [-0.2, 0) is 4.74 Å². The summed E-state index contributed by atoms with van der Waals surface area (Å²) in [6.07, 6.45) is 5.15. The van der Waals surface area contributed by atoms with E-state index in [9.17, 15) is 0 Å². The van der Waals surface area contributed by atoms with Gasteiger partial charge in [0.1, 0.15) is 6.33 Å². The van der Waals surface area contributed by atoms with Crippen molar-refractivity contribution in [2.24, 2.45) is 0 Å². The number of nitrogens with zero attached hydrogens (tertiary/aromatic N) is 6. The zero-order valence-corrected chi connectivity index (χ0v) is 12.7. The Hall–Kier alpha value is -2.22. The fraction of sp³-hybridized carbons (Fsp3) is 0.538. The number of nitrogens with one attached hydrogen (secondary N) is 1. The molecule has 0 aliphatic heterocycles. The van der Waals surface area contributed by atoms with Crippen LogP contribution < -0.4 is 10.2 Å². The van der Waals surface area contributed by atoms with Crippen molar-refractivity contribution in [3.8, 4) is 5.95 Å². The molecule has 21 heavy (non-hydrogen) atoms. The number of aromatic nitrogens is 5. The molecule has 0 aliphatic rings. The number of rotatable bonds is 8. The Morgan fingerprint density at radius 2 is 2.14 bits per heavy atom. The summed E-state index contributed by atoms with van der Waals surface area (Å²) in [5.74, 6) is 1.69. The molecule has 1 N–H and O–H groups in total. The van der Waals surface area contributed by atoms with Gasteiger partial charge in [-0.2, -0.15) is 15.0 Å². The van der Waals surface area contributed by atoms with Crippen molar-refractivity contribution >= 4 is 11.9 Å². The number of hydrogen-bond acceptors (Lipinski definition) is 7. The maximum absolute atomic E-state index is 5.36. The van der Waals surface area contributed by atoms with Crippen molar-refractivity contribution < 1.29 is 4.74 Å². The number of likely N-dealkylation sites (N-methyl/N-ethyl adjacent to an activating group) is 1. The van der Waals surface area contributed by atoms with Crippen molar-refractivity contribution in [1.82, 2.24) is 24.5 Å². The maximum atomic E-state index is 5.36. The van der Waals surface area contributed by atoms with Gasteiger partial charge in [-0.1, -0.05) is 0 Å². The van der Waals surface area contributed by atoms with E-state index >= 15 is 0 Å². The quantitative estimate of drug-likeness (QED) is 0.725. The molecule has 114 valence electrons. The molecule has 0 amide bonds. The fourth-order valence-corrected chi connectivity index (χ4v) is 1.70. The van der Waals surface area contributed by atoms with Crippen molar-refractivity contribution in [2.75, 3.05) is 43.6 Å². The molecule has 0 fully saturated rings. The molecule has 0 bridgehead atoms. The lowest BCUT2D eigenvalue weighted by atomic mass is 10.6. The van der Waals surface area contributed by atoms with E-state index in [0.29, 0.717) is 37.6 Å². The smallest absolute Gasteiger partial charge is 0.241 e. The van der Waals surface area contributed by atoms with Crippen LogP contribution in [0.1, 0.15) is 13.8 Å². The second-order valence-electron chi connectivity index (χ2n) is 4.38. The molecule has 0 aliphatic carbocycles. The summed E-state index contributed by atoms with van der Waals surface area (Å²) in [7, 11) is 1.93. The molecule has 2 rings (SSSR count). The first-order chi connectivity index (χ1) is 10.2. The highest BCUT2D eigenvalue weighted by atomic mass is 16.5. The highest BCUT2D eigenvalue weighted by Crippen LogP contribution is 2.12. The molecule has 0 saturated carbocycles. The van der Waals surface area contributed by atoms with Gasteiger partial charge in [-0.15, -0.1) is 0 Å². The largest absolute Gasteiger partial charge is 0.380 e. The van der Waals surface area contributed by atoms with Crippen LogP contribution in [0.2, 0.25) is 0 Å². The van der Waals surface area contributed by atoms with Crippen LogP contribution in [-0.4, -0.2) is 57.9 Å². The second kappa shape index (κ2) is 7.53. The third-order valence-corrected chi connectivity index (χ3v) is 2.80. The van der Waals surface area contributed by atoms with Crippen LogP contribution >= 0.6 is 0 Å². The summed E-state index contributed by atoms with van der Waals surface area (Å²) in [5.41, 5.74) is 0. The van der Waals surface area contributed by atoms with Gasteiger partial charge in [0.15, 0.2) is 0 Å². The Labute approximate surface area is 124 Å². The van der Waals surface area contributed by atoms with Crippen molar-refractivity contribution in [2.45, 2.75) is 13.8 Å². The van der Waals surface area contributed by atoms with Crippen molar-refractivity contribution in [3.05, 3.63) is 18.7 Å². The van der Waals surface area contributed by atoms with Crippen LogP contribution in [0, 0.1) is 0 Å². The van der Waals surface area contributed by atoms with Crippen LogP contribution in [0.25, 0.3) is 5.95 Å². The van der Waals surface area contributed by atoms with E-state index in [1.807, 2.05) is 25.8 Å². The van der Waals surface area contributed by atoms with E-state index in [1.165, 1.54) is 0 Å². The summed E-state index contributed by atoms with van der Waals surface area (Å²) in [6, 6.07) is 0. The lowest BCUT2D eigenvalue weighted by molar-refractivity contribution is 0.154. The Bertz CT molecular complexity index is 543. The third kappa shape index (κ3) is 4.12. The Kier molecular flexibility index (Phi) is 5.44. The van der Waals surface area contributed by atoms with Crippen LogP contribution in [0.15, 0.2) is 18.7 Å². The minimum Gasteiger partial charge on any atom is -0.380 e. The van der Waals surface area contributed by atoms with E-state index in [2.05, 4.69) is 25.3 Å². The van der Waals surface area contributed by atoms with Gasteiger partial charge in [-0.3, -0.25) is 4.57 Å². The van der Waals surface area contributed by atoms with Crippen molar-refractivity contribution in [1.29, 1.82) is 0 Å². The number of ether oxygens (including phenoxy) is 1. The highest BCUT2D eigenvalue weighted by molar-refractivity contribution is 5.39. The van der Waals surface area contributed by atoms with Crippen molar-refractivity contribution in [3.63, 3.8) is 0 Å². The molecule has 0 atom stereocenters. The molecule has 2 aromatic heterocycles. The minimum absolute atomic E-state index is 0.539. The average Bonchev–Trinajstić information content (AvgIpc) is 3.02. The minimum atomic E-state index is 0.539. The van der Waals surface area contributed by atoms with Gasteiger partial charge in [-0.25, -0.2) is 4.98 Å². The summed E-state index contributed by atoms with van der Waals surface area (Å²) in [6.45, 7) is 6.77. The first-order valence-electron chi connectivity index (χ1n) is 7.01. The molecule has 8 heteroatoms. The number of hydrogen-bond donors (Lipinski definition) is 1. The fourth-order valence-electron chi connectivity index (χ4n) is 1.70. The van der Waals surface area contributed by atoms with Gasteiger partial charge in [0.05, 0.1) is 6.61 Å².